The number of ether oxygens (including phenoxy) is 5. The average molecular weight is 682 g/mol. The summed E-state index contributed by atoms with van der Waals surface area (Å²) < 4.78 is 31.4. The first-order chi connectivity index (χ1) is 22.5. The fraction of sp³-hybridized carbons (Fsp3) is 0.917. The first-order valence-electron chi connectivity index (χ1n) is 18.2. The lowest BCUT2D eigenvalue weighted by Gasteiger charge is -2.47. The summed E-state index contributed by atoms with van der Waals surface area (Å²) in [6.45, 7) is 16.5. The van der Waals surface area contributed by atoms with Gasteiger partial charge in [-0.1, -0.05) is 20.8 Å². The molecule has 0 aliphatic carbocycles. The highest BCUT2D eigenvalue weighted by Gasteiger charge is 2.55. The fourth-order valence-electron chi connectivity index (χ4n) is 8.69. The number of carbonyl (C=O) groups excluding carboxylic acids is 3. The minimum Gasteiger partial charge on any atom is -0.458 e. The van der Waals surface area contributed by atoms with Gasteiger partial charge in [0.05, 0.1) is 24.2 Å². The molecular formula is C36H63N3O9. The number of likely N-dealkylation sites (N-methyl/N-ethyl adjacent to an activating group) is 1. The molecule has 0 aromatic rings. The van der Waals surface area contributed by atoms with Gasteiger partial charge >= 0.3 is 11.9 Å². The van der Waals surface area contributed by atoms with E-state index in [1.54, 1.807) is 21.0 Å². The zero-order valence-electron chi connectivity index (χ0n) is 31.0. The molecule has 0 spiro atoms. The summed E-state index contributed by atoms with van der Waals surface area (Å²) in [5.41, 5.74) is -2.03. The molecule has 4 rings (SSSR count). The van der Waals surface area contributed by atoms with Gasteiger partial charge in [0, 0.05) is 37.6 Å². The zero-order valence-corrected chi connectivity index (χ0v) is 31.0. The third-order valence-corrected chi connectivity index (χ3v) is 11.7. The molecule has 0 aromatic heterocycles. The summed E-state index contributed by atoms with van der Waals surface area (Å²) >= 11 is 0. The van der Waals surface area contributed by atoms with Gasteiger partial charge in [0.2, 0.25) is 0 Å². The van der Waals surface area contributed by atoms with Gasteiger partial charge in [-0.3, -0.25) is 14.4 Å². The van der Waals surface area contributed by atoms with Gasteiger partial charge < -0.3 is 43.9 Å². The quantitative estimate of drug-likeness (QED) is 0.302. The summed E-state index contributed by atoms with van der Waals surface area (Å²) in [4.78, 5) is 44.9. The second-order valence-electron chi connectivity index (χ2n) is 15.7. The molecule has 0 saturated carbocycles. The maximum atomic E-state index is 14.2. The van der Waals surface area contributed by atoms with Crippen LogP contribution in [0.4, 0.5) is 0 Å². The van der Waals surface area contributed by atoms with Crippen LogP contribution in [-0.4, -0.2) is 134 Å². The summed E-state index contributed by atoms with van der Waals surface area (Å²) in [7, 11) is 5.50. The number of aliphatic hydroxyl groups excluding tert-OH is 1. The Morgan fingerprint density at radius 2 is 1.75 bits per heavy atom. The molecule has 12 nitrogen and oxygen atoms in total. The second-order valence-corrected chi connectivity index (χ2v) is 15.7. The molecule has 0 radical (unpaired) electrons. The van der Waals surface area contributed by atoms with Gasteiger partial charge in [0.25, 0.3) is 0 Å². The highest BCUT2D eigenvalue weighted by Crippen LogP contribution is 2.42. The zero-order chi connectivity index (χ0) is 35.6. The van der Waals surface area contributed by atoms with Crippen molar-refractivity contribution in [3.05, 3.63) is 0 Å². The Morgan fingerprint density at radius 1 is 1.08 bits per heavy atom. The third kappa shape index (κ3) is 8.44. The molecule has 48 heavy (non-hydrogen) atoms. The van der Waals surface area contributed by atoms with E-state index in [2.05, 4.69) is 17.1 Å². The number of ketones is 1. The molecule has 4 aliphatic heterocycles. The lowest BCUT2D eigenvalue weighted by Crippen LogP contribution is -2.60. The van der Waals surface area contributed by atoms with Crippen LogP contribution in [0.1, 0.15) is 87.0 Å². The number of cyclic esters (lactones) is 1. The van der Waals surface area contributed by atoms with Crippen LogP contribution >= 0.6 is 0 Å². The van der Waals surface area contributed by atoms with E-state index in [4.69, 9.17) is 23.7 Å². The van der Waals surface area contributed by atoms with Crippen LogP contribution in [0.3, 0.4) is 0 Å². The van der Waals surface area contributed by atoms with Gasteiger partial charge in [0.1, 0.15) is 18.1 Å². The van der Waals surface area contributed by atoms with Crippen molar-refractivity contribution in [2.45, 2.75) is 141 Å². The SMILES string of the molecule is CC[C@H]1OC(=O)C(C)C(=O)[C@H](C)[C@@H](OC2OC(CN3CCCC3)CC(N(C)C)C2O)[C@](C)(OC)C[C@@H](C)CN[C@H](C)[C@H]2CC(=O)O[C@@]21C. The number of fused-ring (bicyclic) bond motifs is 1. The van der Waals surface area contributed by atoms with Crippen LogP contribution in [0.2, 0.25) is 0 Å². The van der Waals surface area contributed by atoms with E-state index in [1.807, 2.05) is 46.7 Å². The monoisotopic (exact) mass is 681 g/mol. The molecule has 12 heteroatoms. The summed E-state index contributed by atoms with van der Waals surface area (Å²) in [6.07, 6.45) is 0.398. The molecule has 5 unspecified atom stereocenters. The second kappa shape index (κ2) is 16.1. The molecule has 0 aromatic carbocycles. The summed E-state index contributed by atoms with van der Waals surface area (Å²) in [5.74, 6) is -3.46. The highest BCUT2D eigenvalue weighted by molar-refractivity contribution is 6.00. The minimum absolute atomic E-state index is 0.0622. The maximum Gasteiger partial charge on any atom is 0.316 e. The van der Waals surface area contributed by atoms with Gasteiger partial charge in [-0.05, 0) is 99.4 Å². The predicted octanol–water partition coefficient (Wildman–Crippen LogP) is 2.78. The van der Waals surface area contributed by atoms with Crippen LogP contribution in [0.15, 0.2) is 0 Å². The predicted molar refractivity (Wildman–Crippen MR) is 180 cm³/mol. The largest absolute Gasteiger partial charge is 0.458 e. The Bertz CT molecular complexity index is 1120. The number of hydrogen-bond acceptors (Lipinski definition) is 12. The molecule has 13 atom stereocenters. The van der Waals surface area contributed by atoms with Crippen LogP contribution in [0.5, 0.6) is 0 Å². The van der Waals surface area contributed by atoms with E-state index in [1.165, 1.54) is 0 Å². The maximum absolute atomic E-state index is 14.2. The third-order valence-electron chi connectivity index (χ3n) is 11.7. The number of nitrogens with zero attached hydrogens (tertiary/aromatic N) is 2. The van der Waals surface area contributed by atoms with Crippen molar-refractivity contribution in [3.8, 4) is 0 Å². The van der Waals surface area contributed by atoms with E-state index < -0.39 is 53.6 Å². The lowest BCUT2D eigenvalue weighted by molar-refractivity contribution is -0.298. The Labute approximate surface area is 287 Å². The van der Waals surface area contributed by atoms with Crippen molar-refractivity contribution in [2.24, 2.45) is 23.7 Å². The van der Waals surface area contributed by atoms with Crippen molar-refractivity contribution >= 4 is 17.7 Å². The molecule has 276 valence electrons. The van der Waals surface area contributed by atoms with Crippen LogP contribution < -0.4 is 5.32 Å². The number of methoxy groups -OCH3 is 1. The van der Waals surface area contributed by atoms with E-state index >= 15 is 0 Å². The number of Topliss-reactive ketones (excluding diaryl/α,β-unsaturated/α-hetero) is 1. The smallest absolute Gasteiger partial charge is 0.316 e. The molecule has 4 saturated heterocycles. The van der Waals surface area contributed by atoms with Crippen molar-refractivity contribution in [3.63, 3.8) is 0 Å². The van der Waals surface area contributed by atoms with Gasteiger partial charge in [-0.15, -0.1) is 0 Å². The highest BCUT2D eigenvalue weighted by atomic mass is 16.7. The van der Waals surface area contributed by atoms with E-state index in [0.29, 0.717) is 25.8 Å². The van der Waals surface area contributed by atoms with Crippen molar-refractivity contribution in [2.75, 3.05) is 47.4 Å². The number of aliphatic hydroxyl groups is 1. The average Bonchev–Trinajstić information content (AvgIpc) is 3.67. The Balaban J connectivity index is 1.68. The normalized spacial score (nSPS) is 44.2. The molecule has 4 fully saturated rings. The van der Waals surface area contributed by atoms with Gasteiger partial charge in [-0.25, -0.2) is 0 Å². The van der Waals surface area contributed by atoms with Crippen molar-refractivity contribution in [1.29, 1.82) is 0 Å². The number of likely N-dealkylation sites (tertiary alicyclic amines) is 1. The molecular weight excluding hydrogens is 618 g/mol. The first-order valence-corrected chi connectivity index (χ1v) is 18.2. The number of esters is 2. The topological polar surface area (TPSA) is 136 Å². The molecule has 4 heterocycles. The van der Waals surface area contributed by atoms with E-state index in [9.17, 15) is 19.5 Å². The summed E-state index contributed by atoms with van der Waals surface area (Å²) in [6, 6.07) is -0.334. The van der Waals surface area contributed by atoms with E-state index in [-0.39, 0.29) is 48.2 Å². The Hall–Kier alpha value is -1.67. The Morgan fingerprint density at radius 3 is 2.35 bits per heavy atom. The standard InChI is InChI=1S/C36H63N3O9/c1-11-28-36(7)26(17-29(40)48-36)24(5)37-19-21(2)18-35(6,44-10)32(22(3)30(41)23(4)33(43)46-28)47-34-31(42)27(38(8)9)16-25(45-34)20-39-14-12-13-15-39/h21-28,31-32,34,37,42H,11-20H2,1-10H3/t21-,22+,23?,24-,25?,26-,27?,28-,31?,32-,34?,35-,36+/m1/s1. The van der Waals surface area contributed by atoms with Crippen LogP contribution in [0, 0.1) is 23.7 Å². The molecule has 0 amide bonds. The molecule has 4 aliphatic rings. The number of hydrogen-bond donors (Lipinski definition) is 2. The van der Waals surface area contributed by atoms with Crippen molar-refractivity contribution < 1.29 is 43.2 Å². The van der Waals surface area contributed by atoms with Crippen molar-refractivity contribution in [1.82, 2.24) is 15.1 Å². The number of nitrogens with one attached hydrogen (secondary N) is 1. The van der Waals surface area contributed by atoms with E-state index in [0.717, 1.165) is 32.5 Å². The number of rotatable bonds is 7. The van der Waals surface area contributed by atoms with Crippen LogP contribution in [-0.2, 0) is 38.1 Å². The lowest BCUT2D eigenvalue weighted by atomic mass is 9.78. The molecule has 0 bridgehead atoms. The van der Waals surface area contributed by atoms with Gasteiger partial charge in [0.15, 0.2) is 17.7 Å². The minimum atomic E-state index is -1.12. The summed E-state index contributed by atoms with van der Waals surface area (Å²) in [5, 5.41) is 15.2. The molecule has 2 N–H and O–H groups in total. The van der Waals surface area contributed by atoms with Gasteiger partial charge in [-0.2, -0.15) is 0 Å². The van der Waals surface area contributed by atoms with Crippen LogP contribution in [0.25, 0.3) is 0 Å². The number of carbonyl (C=O) groups is 3. The first kappa shape index (κ1) is 39.1. The fourth-order valence-corrected chi connectivity index (χ4v) is 8.69. The Kier molecular flexibility index (Phi) is 13.1.